The molecule has 1 nitrogen and oxygen atoms in total. The lowest BCUT2D eigenvalue weighted by molar-refractivity contribution is 0.0913. The lowest BCUT2D eigenvalue weighted by Crippen LogP contribution is -2.29. The van der Waals surface area contributed by atoms with Gasteiger partial charge in [0, 0.05) is 12.0 Å². The standard InChI is InChI=1S/C27H47OP/c1-18(17-29)15-27(11,12)16-22(28)23-20(25(5,6)7)13-19(24(2,3)4)14-21(23)26(8,9)10/h13-14,18H,15-17,29H2,1-12H3. The molecule has 0 aliphatic rings. The van der Waals surface area contributed by atoms with E-state index >= 15 is 0 Å². The van der Waals surface area contributed by atoms with Crippen LogP contribution in [0.15, 0.2) is 12.1 Å². The van der Waals surface area contributed by atoms with Gasteiger partial charge in [-0.25, -0.2) is 0 Å². The molecule has 2 atom stereocenters. The third-order valence-electron chi connectivity index (χ3n) is 5.84. The maximum Gasteiger partial charge on any atom is 0.164 e. The number of ketones is 1. The van der Waals surface area contributed by atoms with Gasteiger partial charge < -0.3 is 0 Å². The van der Waals surface area contributed by atoms with Crippen molar-refractivity contribution in [1.29, 1.82) is 0 Å². The number of carbonyl (C=O) groups excluding carboxylic acids is 1. The fraction of sp³-hybridized carbons (Fsp3) is 0.741. The molecule has 0 heterocycles. The van der Waals surface area contributed by atoms with E-state index in [2.05, 4.69) is 104 Å². The van der Waals surface area contributed by atoms with Gasteiger partial charge in [-0.2, -0.15) is 0 Å². The highest BCUT2D eigenvalue weighted by atomic mass is 31.0. The minimum absolute atomic E-state index is 0.0000765. The van der Waals surface area contributed by atoms with E-state index in [9.17, 15) is 4.79 Å². The third kappa shape index (κ3) is 7.20. The third-order valence-corrected chi connectivity index (χ3v) is 6.65. The Morgan fingerprint density at radius 2 is 1.24 bits per heavy atom. The van der Waals surface area contributed by atoms with Crippen LogP contribution in [0.2, 0.25) is 0 Å². The van der Waals surface area contributed by atoms with Gasteiger partial charge in [-0.1, -0.05) is 95.2 Å². The number of Topliss-reactive ketones (excluding diaryl/α,β-unsaturated/α-hetero) is 1. The summed E-state index contributed by atoms with van der Waals surface area (Å²) in [6.07, 6.45) is 2.75. The van der Waals surface area contributed by atoms with Crippen molar-refractivity contribution in [3.8, 4) is 0 Å². The van der Waals surface area contributed by atoms with E-state index < -0.39 is 0 Å². The first-order valence-electron chi connectivity index (χ1n) is 11.2. The molecule has 1 rings (SSSR count). The summed E-state index contributed by atoms with van der Waals surface area (Å²) in [5, 5.41) is 0. The Morgan fingerprint density at radius 1 is 0.828 bits per heavy atom. The van der Waals surface area contributed by atoms with Gasteiger partial charge in [-0.15, -0.1) is 9.24 Å². The van der Waals surface area contributed by atoms with Crippen molar-refractivity contribution < 1.29 is 4.79 Å². The summed E-state index contributed by atoms with van der Waals surface area (Å²) in [6.45, 7) is 27.0. The molecule has 2 unspecified atom stereocenters. The Bertz CT molecular complexity index is 685. The van der Waals surface area contributed by atoms with E-state index in [-0.39, 0.29) is 21.7 Å². The first kappa shape index (κ1) is 26.4. The molecule has 0 spiro atoms. The van der Waals surface area contributed by atoms with Gasteiger partial charge in [0.25, 0.3) is 0 Å². The average Bonchev–Trinajstić information content (AvgIpc) is 2.49. The predicted molar refractivity (Wildman–Crippen MR) is 134 cm³/mol. The van der Waals surface area contributed by atoms with Crippen molar-refractivity contribution in [2.24, 2.45) is 11.3 Å². The van der Waals surface area contributed by atoms with Crippen LogP contribution in [-0.4, -0.2) is 11.9 Å². The first-order valence-corrected chi connectivity index (χ1v) is 12.0. The van der Waals surface area contributed by atoms with Crippen LogP contribution in [0, 0.1) is 11.3 Å². The van der Waals surface area contributed by atoms with E-state index in [1.54, 1.807) is 0 Å². The summed E-state index contributed by atoms with van der Waals surface area (Å²) >= 11 is 0. The van der Waals surface area contributed by atoms with E-state index in [1.807, 2.05) is 0 Å². The zero-order chi connectivity index (χ0) is 23.0. The normalized spacial score (nSPS) is 14.8. The molecule has 0 radical (unpaired) electrons. The molecule has 0 aromatic heterocycles. The second kappa shape index (κ2) is 8.82. The van der Waals surface area contributed by atoms with Crippen LogP contribution in [0.3, 0.4) is 0 Å². The highest BCUT2D eigenvalue weighted by Gasteiger charge is 2.34. The molecule has 1 aromatic rings. The van der Waals surface area contributed by atoms with Crippen molar-refractivity contribution in [3.63, 3.8) is 0 Å². The van der Waals surface area contributed by atoms with Crippen molar-refractivity contribution in [2.75, 3.05) is 6.16 Å². The van der Waals surface area contributed by atoms with Crippen LogP contribution in [-0.2, 0) is 16.2 Å². The van der Waals surface area contributed by atoms with Gasteiger partial charge in [0.15, 0.2) is 5.78 Å². The van der Waals surface area contributed by atoms with E-state index in [4.69, 9.17) is 0 Å². The Balaban J connectivity index is 3.68. The molecule has 0 amide bonds. The zero-order valence-electron chi connectivity index (χ0n) is 21.3. The van der Waals surface area contributed by atoms with Crippen molar-refractivity contribution >= 4 is 15.0 Å². The average molecular weight is 419 g/mol. The summed E-state index contributed by atoms with van der Waals surface area (Å²) in [5.74, 6) is 0.913. The molecule has 1 aromatic carbocycles. The molecule has 0 aliphatic carbocycles. The van der Waals surface area contributed by atoms with Crippen LogP contribution in [0.25, 0.3) is 0 Å². The van der Waals surface area contributed by atoms with Crippen LogP contribution in [0.5, 0.6) is 0 Å². The SMILES string of the molecule is CC(CP)CC(C)(C)CC(=O)c1c(C(C)(C)C)cc(C(C)(C)C)cc1C(C)(C)C. The molecular formula is C27H47OP. The fourth-order valence-electron chi connectivity index (χ4n) is 4.18. The minimum Gasteiger partial charge on any atom is -0.294 e. The smallest absolute Gasteiger partial charge is 0.164 e. The summed E-state index contributed by atoms with van der Waals surface area (Å²) in [6, 6.07) is 4.61. The largest absolute Gasteiger partial charge is 0.294 e. The van der Waals surface area contributed by atoms with Crippen molar-refractivity contribution in [1.82, 2.24) is 0 Å². The predicted octanol–water partition coefficient (Wildman–Crippen LogP) is 8.08. The zero-order valence-corrected chi connectivity index (χ0v) is 22.5. The maximum absolute atomic E-state index is 13.8. The van der Waals surface area contributed by atoms with Crippen LogP contribution >= 0.6 is 9.24 Å². The Morgan fingerprint density at radius 3 is 1.55 bits per heavy atom. The van der Waals surface area contributed by atoms with Crippen LogP contribution in [0.4, 0.5) is 0 Å². The molecule has 0 saturated carbocycles. The number of benzene rings is 1. The molecule has 0 aliphatic heterocycles. The van der Waals surface area contributed by atoms with Gasteiger partial charge in [-0.05, 0) is 56.9 Å². The lowest BCUT2D eigenvalue weighted by atomic mass is 9.69. The van der Waals surface area contributed by atoms with Crippen LogP contribution in [0.1, 0.15) is 123 Å². The molecule has 0 bridgehead atoms. The Labute approximate surface area is 184 Å². The number of rotatable bonds is 6. The van der Waals surface area contributed by atoms with E-state index in [0.717, 1.165) is 18.1 Å². The summed E-state index contributed by atoms with van der Waals surface area (Å²) < 4.78 is 0. The summed E-state index contributed by atoms with van der Waals surface area (Å²) in [4.78, 5) is 13.8. The highest BCUT2D eigenvalue weighted by molar-refractivity contribution is 7.16. The Hall–Kier alpha value is -0.680. The van der Waals surface area contributed by atoms with Gasteiger partial charge in [-0.3, -0.25) is 4.79 Å². The molecule has 0 fully saturated rings. The second-order valence-corrected chi connectivity index (χ2v) is 13.5. The summed E-state index contributed by atoms with van der Waals surface area (Å²) in [7, 11) is 2.84. The number of hydrogen-bond acceptors (Lipinski definition) is 1. The Kier molecular flexibility index (Phi) is 8.02. The van der Waals surface area contributed by atoms with Gasteiger partial charge >= 0.3 is 0 Å². The maximum atomic E-state index is 13.8. The van der Waals surface area contributed by atoms with E-state index in [0.29, 0.717) is 18.1 Å². The highest BCUT2D eigenvalue weighted by Crippen LogP contribution is 2.40. The lowest BCUT2D eigenvalue weighted by Gasteiger charge is -2.34. The minimum atomic E-state index is -0.0796. The van der Waals surface area contributed by atoms with Crippen molar-refractivity contribution in [3.05, 3.63) is 34.4 Å². The topological polar surface area (TPSA) is 17.1 Å². The molecule has 0 N–H and O–H groups in total. The molecule has 166 valence electrons. The quantitative estimate of drug-likeness (QED) is 0.337. The first-order chi connectivity index (χ1) is 12.8. The molecule has 2 heteroatoms. The monoisotopic (exact) mass is 418 g/mol. The van der Waals surface area contributed by atoms with Gasteiger partial charge in [0.1, 0.15) is 0 Å². The summed E-state index contributed by atoms with van der Waals surface area (Å²) in [5.41, 5.74) is 4.59. The fourth-order valence-corrected chi connectivity index (χ4v) is 4.35. The van der Waals surface area contributed by atoms with Crippen molar-refractivity contribution in [2.45, 2.75) is 112 Å². The van der Waals surface area contributed by atoms with Gasteiger partial charge in [0.05, 0.1) is 0 Å². The molecular weight excluding hydrogens is 371 g/mol. The van der Waals surface area contributed by atoms with Crippen LogP contribution < -0.4 is 0 Å². The second-order valence-electron chi connectivity index (χ2n) is 13.0. The van der Waals surface area contributed by atoms with Gasteiger partial charge in [0.2, 0.25) is 0 Å². The van der Waals surface area contributed by atoms with E-state index in [1.165, 1.54) is 16.7 Å². The number of hydrogen-bond donors (Lipinski definition) is 0. The number of carbonyl (C=O) groups is 1. The molecule has 0 saturated heterocycles. The molecule has 29 heavy (non-hydrogen) atoms.